The van der Waals surface area contributed by atoms with Gasteiger partial charge in [0.05, 0.1) is 11.0 Å². The molecule has 2 N–H and O–H groups in total. The van der Waals surface area contributed by atoms with Gasteiger partial charge < -0.3 is 15.2 Å². The topological polar surface area (TPSA) is 79.3 Å². The van der Waals surface area contributed by atoms with E-state index in [2.05, 4.69) is 15.6 Å². The van der Waals surface area contributed by atoms with Gasteiger partial charge >= 0.3 is 6.03 Å². The Labute approximate surface area is 176 Å². The van der Waals surface area contributed by atoms with E-state index in [0.717, 1.165) is 23.0 Å². The summed E-state index contributed by atoms with van der Waals surface area (Å²) in [4.78, 5) is 32.2. The Morgan fingerprint density at radius 3 is 2.57 bits per heavy atom. The van der Waals surface area contributed by atoms with Crippen LogP contribution in [0.2, 0.25) is 0 Å². The number of nitrogens with one attached hydrogen (secondary N) is 2. The number of benzene rings is 2. The van der Waals surface area contributed by atoms with Crippen LogP contribution in [-0.2, 0) is 17.9 Å². The largest absolute Gasteiger partial charge is 0.350 e. The maximum Gasteiger partial charge on any atom is 0.324 e. The average molecular weight is 406 g/mol. The number of anilines is 1. The first-order valence-electron chi connectivity index (χ1n) is 10.4. The Balaban J connectivity index is 1.47. The zero-order valence-electron chi connectivity index (χ0n) is 17.3. The van der Waals surface area contributed by atoms with Crippen molar-refractivity contribution in [2.45, 2.75) is 39.4 Å². The Hall–Kier alpha value is -3.35. The third-order valence-electron chi connectivity index (χ3n) is 5.75. The van der Waals surface area contributed by atoms with Crippen molar-refractivity contribution < 1.29 is 9.59 Å². The van der Waals surface area contributed by atoms with E-state index in [1.165, 1.54) is 0 Å². The second-order valence-corrected chi connectivity index (χ2v) is 7.72. The third-order valence-corrected chi connectivity index (χ3v) is 5.75. The van der Waals surface area contributed by atoms with Gasteiger partial charge in [-0.1, -0.05) is 62.7 Å². The van der Waals surface area contributed by atoms with Crippen LogP contribution >= 0.6 is 0 Å². The number of rotatable bonds is 6. The second kappa shape index (κ2) is 8.57. The molecule has 1 aliphatic rings. The molecule has 1 aliphatic heterocycles. The van der Waals surface area contributed by atoms with Gasteiger partial charge in [-0.15, -0.1) is 0 Å². The molecule has 3 aromatic rings. The predicted molar refractivity (Wildman–Crippen MR) is 117 cm³/mol. The van der Waals surface area contributed by atoms with Crippen molar-refractivity contribution in [1.82, 2.24) is 20.2 Å². The van der Waals surface area contributed by atoms with Gasteiger partial charge in [0, 0.05) is 19.6 Å². The van der Waals surface area contributed by atoms with E-state index < -0.39 is 6.04 Å². The molecule has 4 rings (SSSR count). The number of carbonyl (C=O) groups is 2. The molecule has 2 aromatic carbocycles. The van der Waals surface area contributed by atoms with Gasteiger partial charge in [0.1, 0.15) is 6.04 Å². The van der Waals surface area contributed by atoms with E-state index in [0.29, 0.717) is 25.6 Å². The van der Waals surface area contributed by atoms with E-state index >= 15 is 0 Å². The summed E-state index contributed by atoms with van der Waals surface area (Å²) in [6, 6.07) is 16.7. The SMILES string of the molecule is CC[C@H](C)[C@H](NC(=O)N1CCn2c1nc1ccccc12)C(=O)NCc1ccccc1. The minimum Gasteiger partial charge on any atom is -0.350 e. The number of fused-ring (bicyclic) bond motifs is 3. The predicted octanol–water partition coefficient (Wildman–Crippen LogP) is 3.30. The van der Waals surface area contributed by atoms with Crippen LogP contribution in [-0.4, -0.2) is 34.1 Å². The van der Waals surface area contributed by atoms with Crippen molar-refractivity contribution in [3.63, 3.8) is 0 Å². The van der Waals surface area contributed by atoms with Crippen LogP contribution in [0, 0.1) is 5.92 Å². The summed E-state index contributed by atoms with van der Waals surface area (Å²) in [7, 11) is 0. The fraction of sp³-hybridized carbons (Fsp3) is 0.348. The fourth-order valence-electron chi connectivity index (χ4n) is 3.79. The van der Waals surface area contributed by atoms with Crippen LogP contribution in [0.1, 0.15) is 25.8 Å². The molecule has 156 valence electrons. The molecule has 2 heterocycles. The van der Waals surface area contributed by atoms with Crippen molar-refractivity contribution in [2.75, 3.05) is 11.4 Å². The zero-order valence-corrected chi connectivity index (χ0v) is 17.3. The van der Waals surface area contributed by atoms with Crippen molar-refractivity contribution in [3.8, 4) is 0 Å². The lowest BCUT2D eigenvalue weighted by molar-refractivity contribution is -0.124. The number of nitrogens with zero attached hydrogens (tertiary/aromatic N) is 3. The Kier molecular flexibility index (Phi) is 5.70. The van der Waals surface area contributed by atoms with Gasteiger partial charge in [0.15, 0.2) is 0 Å². The van der Waals surface area contributed by atoms with Gasteiger partial charge in [0.2, 0.25) is 11.9 Å². The quantitative estimate of drug-likeness (QED) is 0.660. The maximum absolute atomic E-state index is 13.1. The molecule has 7 nitrogen and oxygen atoms in total. The summed E-state index contributed by atoms with van der Waals surface area (Å²) >= 11 is 0. The Morgan fingerprint density at radius 1 is 1.07 bits per heavy atom. The number of urea groups is 1. The molecule has 0 radical (unpaired) electrons. The van der Waals surface area contributed by atoms with Gasteiger partial charge in [0.25, 0.3) is 0 Å². The zero-order chi connectivity index (χ0) is 21.1. The highest BCUT2D eigenvalue weighted by molar-refractivity contribution is 5.96. The van der Waals surface area contributed by atoms with Crippen LogP contribution in [0.5, 0.6) is 0 Å². The first-order chi connectivity index (χ1) is 14.6. The van der Waals surface area contributed by atoms with E-state index in [4.69, 9.17) is 0 Å². The van der Waals surface area contributed by atoms with Crippen molar-refractivity contribution in [1.29, 1.82) is 0 Å². The molecule has 2 atom stereocenters. The molecule has 30 heavy (non-hydrogen) atoms. The van der Waals surface area contributed by atoms with Crippen LogP contribution in [0.4, 0.5) is 10.7 Å². The van der Waals surface area contributed by atoms with Crippen LogP contribution < -0.4 is 15.5 Å². The van der Waals surface area contributed by atoms with E-state index in [1.807, 2.05) is 73.0 Å². The number of para-hydroxylation sites is 2. The average Bonchev–Trinajstić information content (AvgIpc) is 3.35. The fourth-order valence-corrected chi connectivity index (χ4v) is 3.79. The number of carbonyl (C=O) groups excluding carboxylic acids is 2. The number of hydrogen-bond donors (Lipinski definition) is 2. The number of amides is 3. The molecular formula is C23H27N5O2. The monoisotopic (exact) mass is 405 g/mol. The first-order valence-corrected chi connectivity index (χ1v) is 10.4. The van der Waals surface area contributed by atoms with E-state index in [1.54, 1.807) is 4.90 Å². The van der Waals surface area contributed by atoms with Gasteiger partial charge in [-0.3, -0.25) is 9.69 Å². The van der Waals surface area contributed by atoms with Crippen molar-refractivity contribution in [3.05, 3.63) is 60.2 Å². The Morgan fingerprint density at radius 2 is 1.80 bits per heavy atom. The molecule has 0 fully saturated rings. The Bertz CT molecular complexity index is 1050. The summed E-state index contributed by atoms with van der Waals surface area (Å²) in [5.41, 5.74) is 2.90. The summed E-state index contributed by atoms with van der Waals surface area (Å²) in [5.74, 6) is 0.460. The number of imidazole rings is 1. The van der Waals surface area contributed by atoms with Crippen molar-refractivity contribution >= 4 is 28.9 Å². The summed E-state index contributed by atoms with van der Waals surface area (Å²) < 4.78 is 2.04. The first kappa shape index (κ1) is 19.9. The van der Waals surface area contributed by atoms with Crippen LogP contribution in [0.25, 0.3) is 11.0 Å². The van der Waals surface area contributed by atoms with E-state index in [-0.39, 0.29) is 17.9 Å². The molecule has 7 heteroatoms. The van der Waals surface area contributed by atoms with Crippen LogP contribution in [0.15, 0.2) is 54.6 Å². The lowest BCUT2D eigenvalue weighted by Crippen LogP contribution is -2.53. The lowest BCUT2D eigenvalue weighted by Gasteiger charge is -2.26. The highest BCUT2D eigenvalue weighted by Gasteiger charge is 2.32. The summed E-state index contributed by atoms with van der Waals surface area (Å²) in [6.07, 6.45) is 0.780. The number of hydrogen-bond acceptors (Lipinski definition) is 3. The summed E-state index contributed by atoms with van der Waals surface area (Å²) in [5, 5.41) is 5.91. The molecule has 0 bridgehead atoms. The minimum atomic E-state index is -0.607. The van der Waals surface area contributed by atoms with E-state index in [9.17, 15) is 9.59 Å². The highest BCUT2D eigenvalue weighted by atomic mass is 16.2. The maximum atomic E-state index is 13.1. The third kappa shape index (κ3) is 3.87. The standard InChI is InChI=1S/C23H27N5O2/c1-3-16(2)20(21(29)24-15-17-9-5-4-6-10-17)26-23(30)28-14-13-27-19-12-8-7-11-18(19)25-22(27)28/h4-12,16,20H,3,13-15H2,1-2H3,(H,24,29)(H,26,30)/t16-,20-/m0/s1. The molecular weight excluding hydrogens is 378 g/mol. The highest BCUT2D eigenvalue weighted by Crippen LogP contribution is 2.27. The smallest absolute Gasteiger partial charge is 0.324 e. The molecule has 0 unspecified atom stereocenters. The van der Waals surface area contributed by atoms with Crippen LogP contribution in [0.3, 0.4) is 0 Å². The van der Waals surface area contributed by atoms with Crippen molar-refractivity contribution in [2.24, 2.45) is 5.92 Å². The molecule has 0 saturated carbocycles. The summed E-state index contributed by atoms with van der Waals surface area (Å²) in [6.45, 7) is 5.66. The second-order valence-electron chi connectivity index (χ2n) is 7.72. The lowest BCUT2D eigenvalue weighted by atomic mass is 9.98. The molecule has 1 aromatic heterocycles. The molecule has 0 spiro atoms. The van der Waals surface area contributed by atoms with Gasteiger partial charge in [-0.25, -0.2) is 9.78 Å². The van der Waals surface area contributed by atoms with Gasteiger partial charge in [-0.05, 0) is 23.6 Å². The minimum absolute atomic E-state index is 0.00569. The molecule has 0 aliphatic carbocycles. The normalized spacial score (nSPS) is 14.9. The molecule has 0 saturated heterocycles. The number of aromatic nitrogens is 2. The molecule has 3 amide bonds. The van der Waals surface area contributed by atoms with Gasteiger partial charge in [-0.2, -0.15) is 0 Å².